The van der Waals surface area contributed by atoms with Crippen molar-refractivity contribution in [2.75, 3.05) is 33.2 Å². The summed E-state index contributed by atoms with van der Waals surface area (Å²) < 4.78 is 0. The summed E-state index contributed by atoms with van der Waals surface area (Å²) >= 11 is 5.64. The lowest BCUT2D eigenvalue weighted by molar-refractivity contribution is 0.253. The van der Waals surface area contributed by atoms with Crippen molar-refractivity contribution in [3.63, 3.8) is 0 Å². The van der Waals surface area contributed by atoms with E-state index in [2.05, 4.69) is 24.2 Å². The molecule has 14 heavy (non-hydrogen) atoms. The Bertz CT molecular complexity index is 186. The minimum absolute atomic E-state index is 0.865. The Hall–Kier alpha value is -0.0500. The molecule has 1 N–H and O–H groups in total. The Morgan fingerprint density at radius 2 is 2.14 bits per heavy atom. The van der Waals surface area contributed by atoms with E-state index < -0.39 is 0 Å². The summed E-state index contributed by atoms with van der Waals surface area (Å²) in [6.07, 6.45) is 2.63. The number of nitrogens with zero attached hydrogens (tertiary/aromatic N) is 1. The van der Waals surface area contributed by atoms with Crippen LogP contribution in [0.5, 0.6) is 0 Å². The maximum Gasteiger partial charge on any atom is 0.0198 e. The van der Waals surface area contributed by atoms with Gasteiger partial charge in [-0.25, -0.2) is 0 Å². The molecule has 0 amide bonds. The molecule has 0 atom stereocenters. The first-order valence-electron chi connectivity index (χ1n) is 5.37. The largest absolute Gasteiger partial charge is 0.317 e. The highest BCUT2D eigenvalue weighted by Gasteiger charge is 2.14. The van der Waals surface area contributed by atoms with E-state index in [-0.39, 0.29) is 0 Å². The Kier molecular flexibility index (Phi) is 5.53. The summed E-state index contributed by atoms with van der Waals surface area (Å²) in [6, 6.07) is 0. The van der Waals surface area contributed by atoms with E-state index in [1.165, 1.54) is 38.0 Å². The fourth-order valence-electron chi connectivity index (χ4n) is 2.03. The highest BCUT2D eigenvalue weighted by Crippen LogP contribution is 2.13. The lowest BCUT2D eigenvalue weighted by Gasteiger charge is -2.27. The van der Waals surface area contributed by atoms with Gasteiger partial charge >= 0.3 is 0 Å². The molecule has 0 aromatic rings. The molecule has 1 saturated heterocycles. The molecule has 1 aliphatic rings. The molecule has 82 valence electrons. The van der Waals surface area contributed by atoms with Crippen LogP contribution in [0.15, 0.2) is 11.1 Å². The fourth-order valence-corrected chi connectivity index (χ4v) is 2.10. The van der Waals surface area contributed by atoms with Crippen LogP contribution in [0.1, 0.15) is 19.8 Å². The van der Waals surface area contributed by atoms with E-state index in [0.717, 1.165) is 12.5 Å². The predicted octanol–water partition coefficient (Wildman–Crippen LogP) is 2.06. The zero-order valence-corrected chi connectivity index (χ0v) is 9.98. The second kappa shape index (κ2) is 6.44. The third kappa shape index (κ3) is 4.45. The van der Waals surface area contributed by atoms with Crippen molar-refractivity contribution >= 4 is 11.6 Å². The van der Waals surface area contributed by atoms with E-state index >= 15 is 0 Å². The topological polar surface area (TPSA) is 15.3 Å². The van der Waals surface area contributed by atoms with Gasteiger partial charge in [0, 0.05) is 18.6 Å². The normalized spacial score (nSPS) is 20.4. The van der Waals surface area contributed by atoms with Crippen LogP contribution >= 0.6 is 11.6 Å². The zero-order chi connectivity index (χ0) is 10.4. The van der Waals surface area contributed by atoms with Crippen molar-refractivity contribution in [1.82, 2.24) is 10.2 Å². The van der Waals surface area contributed by atoms with Crippen LogP contribution in [0.2, 0.25) is 0 Å². The van der Waals surface area contributed by atoms with Crippen LogP contribution in [-0.2, 0) is 0 Å². The van der Waals surface area contributed by atoms with E-state index in [1.54, 1.807) is 5.54 Å². The third-order valence-electron chi connectivity index (χ3n) is 2.73. The molecule has 1 rings (SSSR count). The van der Waals surface area contributed by atoms with Crippen molar-refractivity contribution in [2.45, 2.75) is 19.8 Å². The summed E-state index contributed by atoms with van der Waals surface area (Å²) in [5, 5.41) is 3.39. The minimum Gasteiger partial charge on any atom is -0.317 e. The van der Waals surface area contributed by atoms with Gasteiger partial charge in [0.05, 0.1) is 0 Å². The van der Waals surface area contributed by atoms with Gasteiger partial charge < -0.3 is 10.2 Å². The molecule has 1 heterocycles. The summed E-state index contributed by atoms with van der Waals surface area (Å²) in [5.41, 5.74) is 2.92. The van der Waals surface area contributed by atoms with Crippen molar-refractivity contribution in [1.29, 1.82) is 0 Å². The number of rotatable bonds is 4. The molecule has 0 bridgehead atoms. The molecule has 0 saturated carbocycles. The molecule has 0 unspecified atom stereocenters. The zero-order valence-electron chi connectivity index (χ0n) is 9.22. The third-order valence-corrected chi connectivity index (χ3v) is 3.11. The molecule has 0 spiro atoms. The number of likely N-dealkylation sites (N-methyl/N-ethyl adjacent to an activating group) is 1. The molecular formula is C11H21ClN2. The van der Waals surface area contributed by atoms with Crippen LogP contribution in [0.3, 0.4) is 0 Å². The highest BCUT2D eigenvalue weighted by atomic mass is 35.5. The molecule has 0 aromatic heterocycles. The van der Waals surface area contributed by atoms with Crippen molar-refractivity contribution in [2.24, 2.45) is 5.92 Å². The van der Waals surface area contributed by atoms with Gasteiger partial charge in [-0.15, -0.1) is 0 Å². The average molecular weight is 217 g/mol. The predicted molar refractivity (Wildman–Crippen MR) is 62.7 cm³/mol. The van der Waals surface area contributed by atoms with Gasteiger partial charge in [0.25, 0.3) is 0 Å². The van der Waals surface area contributed by atoms with Crippen LogP contribution in [0, 0.1) is 5.92 Å². The van der Waals surface area contributed by atoms with Gasteiger partial charge in [0.1, 0.15) is 0 Å². The van der Waals surface area contributed by atoms with Gasteiger partial charge in [-0.3, -0.25) is 0 Å². The Balaban J connectivity index is 2.21. The standard InChI is InChI=1S/C11H21ClN2/c1-10(7-12)8-14(2)9-11-3-5-13-6-4-11/h7,11,13H,3-6,8-9H2,1-2H3. The lowest BCUT2D eigenvalue weighted by atomic mass is 9.97. The van der Waals surface area contributed by atoms with Gasteiger partial charge in [-0.2, -0.15) is 0 Å². The van der Waals surface area contributed by atoms with Gasteiger partial charge in [-0.1, -0.05) is 11.6 Å². The number of halogens is 1. The van der Waals surface area contributed by atoms with Crippen molar-refractivity contribution in [3.8, 4) is 0 Å². The molecule has 0 aromatic carbocycles. The molecule has 1 aliphatic heterocycles. The SMILES string of the molecule is CC(=CCl)CN(C)CC1CCNCC1. The van der Waals surface area contributed by atoms with E-state index in [4.69, 9.17) is 11.6 Å². The first kappa shape index (κ1) is 12.0. The monoisotopic (exact) mass is 216 g/mol. The average Bonchev–Trinajstić information content (AvgIpc) is 2.19. The van der Waals surface area contributed by atoms with Gasteiger partial charge in [-0.05, 0) is 51.4 Å². The molecule has 2 nitrogen and oxygen atoms in total. The number of nitrogens with one attached hydrogen (secondary N) is 1. The highest BCUT2D eigenvalue weighted by molar-refractivity contribution is 6.25. The molecular weight excluding hydrogens is 196 g/mol. The Labute approximate surface area is 92.3 Å². The Morgan fingerprint density at radius 3 is 2.71 bits per heavy atom. The van der Waals surface area contributed by atoms with Crippen molar-refractivity contribution < 1.29 is 0 Å². The lowest BCUT2D eigenvalue weighted by Crippen LogP contribution is -2.35. The van der Waals surface area contributed by atoms with Crippen LogP contribution < -0.4 is 5.32 Å². The summed E-state index contributed by atoms with van der Waals surface area (Å²) in [5.74, 6) is 0.865. The number of hydrogen-bond donors (Lipinski definition) is 1. The summed E-state index contributed by atoms with van der Waals surface area (Å²) in [7, 11) is 2.17. The van der Waals surface area contributed by atoms with Crippen LogP contribution in [0.25, 0.3) is 0 Å². The van der Waals surface area contributed by atoms with Gasteiger partial charge in [0.2, 0.25) is 0 Å². The number of hydrogen-bond acceptors (Lipinski definition) is 2. The Morgan fingerprint density at radius 1 is 1.50 bits per heavy atom. The van der Waals surface area contributed by atoms with E-state index in [0.29, 0.717) is 0 Å². The minimum atomic E-state index is 0.865. The first-order valence-corrected chi connectivity index (χ1v) is 5.81. The van der Waals surface area contributed by atoms with E-state index in [9.17, 15) is 0 Å². The summed E-state index contributed by atoms with van der Waals surface area (Å²) in [4.78, 5) is 2.37. The first-order chi connectivity index (χ1) is 6.72. The molecule has 0 radical (unpaired) electrons. The second-order valence-corrected chi connectivity index (χ2v) is 4.56. The molecule has 1 fully saturated rings. The van der Waals surface area contributed by atoms with Crippen molar-refractivity contribution in [3.05, 3.63) is 11.1 Å². The maximum absolute atomic E-state index is 5.64. The van der Waals surface area contributed by atoms with Gasteiger partial charge in [0.15, 0.2) is 0 Å². The molecule has 0 aliphatic carbocycles. The smallest absolute Gasteiger partial charge is 0.0198 e. The van der Waals surface area contributed by atoms with Crippen LogP contribution in [-0.4, -0.2) is 38.1 Å². The number of piperidine rings is 1. The second-order valence-electron chi connectivity index (χ2n) is 4.35. The maximum atomic E-state index is 5.64. The molecule has 3 heteroatoms. The summed E-state index contributed by atoms with van der Waals surface area (Å²) in [6.45, 7) is 6.63. The van der Waals surface area contributed by atoms with E-state index in [1.807, 2.05) is 0 Å². The fraction of sp³-hybridized carbons (Fsp3) is 0.818. The van der Waals surface area contributed by atoms with Crippen LogP contribution in [0.4, 0.5) is 0 Å². The quantitative estimate of drug-likeness (QED) is 0.774.